The summed E-state index contributed by atoms with van der Waals surface area (Å²) in [7, 11) is 0. The summed E-state index contributed by atoms with van der Waals surface area (Å²) in [5, 5.41) is 14.1. The summed E-state index contributed by atoms with van der Waals surface area (Å²) >= 11 is 6.21. The molecule has 1 aromatic carbocycles. The fraction of sp³-hybridized carbons (Fsp3) is 0.524. The number of aryl methyl sites for hydroxylation is 2. The molecule has 0 aliphatic heterocycles. The highest BCUT2D eigenvalue weighted by molar-refractivity contribution is 6.30. The van der Waals surface area contributed by atoms with Crippen LogP contribution < -0.4 is 4.74 Å². The Morgan fingerprint density at radius 1 is 1.30 bits per heavy atom. The van der Waals surface area contributed by atoms with Crippen molar-refractivity contribution in [3.63, 3.8) is 0 Å². The lowest BCUT2D eigenvalue weighted by molar-refractivity contribution is -0.136. The number of benzene rings is 1. The number of carboxylic acids is 1. The van der Waals surface area contributed by atoms with Gasteiger partial charge in [0.2, 0.25) is 0 Å². The third-order valence-corrected chi connectivity index (χ3v) is 5.40. The van der Waals surface area contributed by atoms with E-state index in [-0.39, 0.29) is 6.42 Å². The molecular formula is C21H27ClN2O3. The molecule has 3 rings (SSSR count). The third-order valence-electron chi connectivity index (χ3n) is 5.17. The average Bonchev–Trinajstić information content (AvgIpc) is 3.00. The molecule has 1 heterocycles. The van der Waals surface area contributed by atoms with E-state index in [9.17, 15) is 4.79 Å². The number of rotatable bonds is 8. The molecule has 1 N–H and O–H groups in total. The molecule has 6 heteroatoms. The number of hydrogen-bond donors (Lipinski definition) is 1. The minimum absolute atomic E-state index is 0.0867. The molecule has 0 atom stereocenters. The van der Waals surface area contributed by atoms with Crippen LogP contribution in [0.4, 0.5) is 0 Å². The number of halogens is 1. The fourth-order valence-electron chi connectivity index (χ4n) is 3.63. The van der Waals surface area contributed by atoms with Crippen LogP contribution in [0.5, 0.6) is 5.75 Å². The summed E-state index contributed by atoms with van der Waals surface area (Å²) in [6, 6.07) is 7.66. The Hall–Kier alpha value is -2.01. The molecule has 0 spiro atoms. The van der Waals surface area contributed by atoms with Crippen LogP contribution in [0.3, 0.4) is 0 Å². The van der Waals surface area contributed by atoms with Gasteiger partial charge in [-0.05, 0) is 49.9 Å². The normalized spacial score (nSPS) is 15.0. The maximum Gasteiger partial charge on any atom is 0.303 e. The van der Waals surface area contributed by atoms with Gasteiger partial charge in [-0.1, -0.05) is 30.9 Å². The molecule has 1 saturated carbocycles. The maximum absolute atomic E-state index is 10.8. The van der Waals surface area contributed by atoms with Crippen molar-refractivity contribution in [1.29, 1.82) is 0 Å². The molecule has 2 aromatic rings. The van der Waals surface area contributed by atoms with Crippen molar-refractivity contribution in [2.75, 3.05) is 6.61 Å². The standard InChI is InChI=1S/C21H27ClN2O3/c1-15-11-19(8-10-21(25)26)23-24(15)13-17-12-18(22)7-9-20(17)27-14-16-5-3-2-4-6-16/h7,9,11-12,16H,2-6,8,10,13-14H2,1H3,(H,25,26). The molecule has 5 nitrogen and oxygen atoms in total. The lowest BCUT2D eigenvalue weighted by atomic mass is 9.90. The number of aromatic nitrogens is 2. The van der Waals surface area contributed by atoms with Crippen molar-refractivity contribution < 1.29 is 14.6 Å². The monoisotopic (exact) mass is 390 g/mol. The summed E-state index contributed by atoms with van der Waals surface area (Å²) in [5.41, 5.74) is 2.78. The van der Waals surface area contributed by atoms with Gasteiger partial charge in [0, 0.05) is 22.7 Å². The first-order chi connectivity index (χ1) is 13.0. The molecule has 27 heavy (non-hydrogen) atoms. The molecule has 1 aliphatic carbocycles. The Kier molecular flexibility index (Phi) is 6.78. The molecule has 0 unspecified atom stereocenters. The van der Waals surface area contributed by atoms with Crippen LogP contribution in [-0.2, 0) is 17.8 Å². The predicted molar refractivity (Wildman–Crippen MR) is 106 cm³/mol. The number of aliphatic carboxylic acids is 1. The molecule has 0 amide bonds. The minimum atomic E-state index is -0.810. The first kappa shape index (κ1) is 19.7. The molecule has 0 saturated heterocycles. The van der Waals surface area contributed by atoms with E-state index in [2.05, 4.69) is 5.10 Å². The Labute approximate surface area is 165 Å². The van der Waals surface area contributed by atoms with Crippen LogP contribution in [0, 0.1) is 12.8 Å². The van der Waals surface area contributed by atoms with Crippen molar-refractivity contribution in [2.45, 2.75) is 58.4 Å². The SMILES string of the molecule is Cc1cc(CCC(=O)O)nn1Cc1cc(Cl)ccc1OCC1CCCCC1. The van der Waals surface area contributed by atoms with Crippen LogP contribution in [0.15, 0.2) is 24.3 Å². The van der Waals surface area contributed by atoms with Gasteiger partial charge in [0.25, 0.3) is 0 Å². The highest BCUT2D eigenvalue weighted by Gasteiger charge is 2.16. The molecule has 146 valence electrons. The molecule has 1 aliphatic rings. The minimum Gasteiger partial charge on any atom is -0.493 e. The second kappa shape index (κ2) is 9.27. The highest BCUT2D eigenvalue weighted by atomic mass is 35.5. The van der Waals surface area contributed by atoms with Gasteiger partial charge in [0.15, 0.2) is 0 Å². The summed E-state index contributed by atoms with van der Waals surface area (Å²) in [4.78, 5) is 10.8. The van der Waals surface area contributed by atoms with E-state index >= 15 is 0 Å². The van der Waals surface area contributed by atoms with Crippen molar-refractivity contribution in [1.82, 2.24) is 9.78 Å². The Balaban J connectivity index is 1.70. The van der Waals surface area contributed by atoms with E-state index in [1.807, 2.05) is 35.9 Å². The second-order valence-electron chi connectivity index (χ2n) is 7.40. The van der Waals surface area contributed by atoms with Gasteiger partial charge in [-0.15, -0.1) is 0 Å². The number of carbonyl (C=O) groups is 1. The smallest absolute Gasteiger partial charge is 0.303 e. The van der Waals surface area contributed by atoms with Gasteiger partial charge in [0.1, 0.15) is 5.75 Å². The van der Waals surface area contributed by atoms with Crippen LogP contribution in [0.2, 0.25) is 5.02 Å². The zero-order valence-corrected chi connectivity index (χ0v) is 16.5. The van der Waals surface area contributed by atoms with E-state index < -0.39 is 5.97 Å². The Morgan fingerprint density at radius 2 is 2.07 bits per heavy atom. The quantitative estimate of drug-likeness (QED) is 0.698. The highest BCUT2D eigenvalue weighted by Crippen LogP contribution is 2.28. The Morgan fingerprint density at radius 3 is 2.81 bits per heavy atom. The second-order valence-corrected chi connectivity index (χ2v) is 7.83. The van der Waals surface area contributed by atoms with E-state index in [0.29, 0.717) is 23.9 Å². The number of hydrogen-bond acceptors (Lipinski definition) is 3. The lowest BCUT2D eigenvalue weighted by Gasteiger charge is -2.22. The molecule has 1 aromatic heterocycles. The average molecular weight is 391 g/mol. The van der Waals surface area contributed by atoms with Crippen LogP contribution >= 0.6 is 11.6 Å². The molecule has 0 bridgehead atoms. The number of carboxylic acid groups (broad SMARTS) is 1. The number of nitrogens with zero attached hydrogens (tertiary/aromatic N) is 2. The van der Waals surface area contributed by atoms with Crippen molar-refractivity contribution >= 4 is 17.6 Å². The van der Waals surface area contributed by atoms with Crippen molar-refractivity contribution in [3.8, 4) is 5.75 Å². The van der Waals surface area contributed by atoms with Crippen LogP contribution in [-0.4, -0.2) is 27.5 Å². The van der Waals surface area contributed by atoms with Crippen LogP contribution in [0.1, 0.15) is 55.5 Å². The maximum atomic E-state index is 10.8. The molecule has 1 fully saturated rings. The van der Waals surface area contributed by atoms with E-state index in [1.165, 1.54) is 32.1 Å². The zero-order chi connectivity index (χ0) is 19.2. The lowest BCUT2D eigenvalue weighted by Crippen LogP contribution is -2.16. The molecule has 0 radical (unpaired) electrons. The van der Waals surface area contributed by atoms with Gasteiger partial charge >= 0.3 is 5.97 Å². The summed E-state index contributed by atoms with van der Waals surface area (Å²) < 4.78 is 8.04. The summed E-state index contributed by atoms with van der Waals surface area (Å²) in [5.74, 6) is 0.679. The van der Waals surface area contributed by atoms with E-state index in [4.69, 9.17) is 21.4 Å². The first-order valence-electron chi connectivity index (χ1n) is 9.67. The van der Waals surface area contributed by atoms with Gasteiger partial charge in [-0.25, -0.2) is 0 Å². The third kappa shape index (κ3) is 5.73. The first-order valence-corrected chi connectivity index (χ1v) is 10.1. The van der Waals surface area contributed by atoms with Crippen LogP contribution in [0.25, 0.3) is 0 Å². The summed E-state index contributed by atoms with van der Waals surface area (Å²) in [6.45, 7) is 3.28. The largest absolute Gasteiger partial charge is 0.493 e. The zero-order valence-electron chi connectivity index (χ0n) is 15.8. The van der Waals surface area contributed by atoms with Gasteiger partial charge in [-0.2, -0.15) is 5.10 Å². The van der Waals surface area contributed by atoms with Crippen molar-refractivity contribution in [3.05, 3.63) is 46.2 Å². The van der Waals surface area contributed by atoms with E-state index in [1.54, 1.807) is 0 Å². The topological polar surface area (TPSA) is 64.3 Å². The van der Waals surface area contributed by atoms with Crippen molar-refractivity contribution in [2.24, 2.45) is 5.92 Å². The predicted octanol–water partition coefficient (Wildman–Crippen LogP) is 4.87. The molecular weight excluding hydrogens is 364 g/mol. The summed E-state index contributed by atoms with van der Waals surface area (Å²) in [6.07, 6.45) is 6.95. The van der Waals surface area contributed by atoms with Gasteiger partial charge in [-0.3, -0.25) is 9.48 Å². The van der Waals surface area contributed by atoms with Gasteiger partial charge < -0.3 is 9.84 Å². The Bertz CT molecular complexity index is 782. The van der Waals surface area contributed by atoms with Gasteiger partial charge in [0.05, 0.1) is 25.3 Å². The number of ether oxygens (including phenoxy) is 1. The fourth-order valence-corrected chi connectivity index (χ4v) is 3.83. The van der Waals surface area contributed by atoms with E-state index in [0.717, 1.165) is 29.3 Å².